The van der Waals surface area contributed by atoms with Crippen LogP contribution in [0.25, 0.3) is 0 Å². The lowest BCUT2D eigenvalue weighted by atomic mass is 10.1. The molecule has 0 unspecified atom stereocenters. The molecule has 0 aliphatic heterocycles. The van der Waals surface area contributed by atoms with Crippen molar-refractivity contribution in [1.82, 2.24) is 16.2 Å². The zero-order valence-corrected chi connectivity index (χ0v) is 23.0. The van der Waals surface area contributed by atoms with Crippen LogP contribution in [0, 0.1) is 0 Å². The summed E-state index contributed by atoms with van der Waals surface area (Å²) < 4.78 is 11.3. The molecule has 0 bridgehead atoms. The van der Waals surface area contributed by atoms with E-state index in [4.69, 9.17) is 14.5 Å². The topological polar surface area (TPSA) is 66.9 Å². The minimum Gasteiger partial charge on any atom is -0.497 e. The Balaban J connectivity index is 6.27. The fourth-order valence-electron chi connectivity index (χ4n) is 3.14. The van der Waals surface area contributed by atoms with Crippen molar-refractivity contribution in [3.8, 4) is 0 Å². The number of hydrogen-bond acceptors (Lipinski definition) is 6. The monoisotopic (exact) mass is 472 g/mol. The van der Waals surface area contributed by atoms with Crippen LogP contribution in [0.5, 0.6) is 0 Å². The van der Waals surface area contributed by atoms with Gasteiger partial charge in [0, 0.05) is 12.7 Å². The van der Waals surface area contributed by atoms with Crippen LogP contribution in [0.4, 0.5) is 0 Å². The standard InChI is InChI=1S/C28H48N4O2/c1-10-15-16-19-27(34-14-5)31-26(13-4)30-24(18-12-3)28(32-29-8)23(7)20-21-25(33-9)22(6)17-11-2/h13,16-17,19-21,29-30,32H,10-12,14-15,18H2,1-9H3/b19-16+,22-17+,23-20+,25-21+,26-13-,28-24+,31-27+. The fourth-order valence-corrected chi connectivity index (χ4v) is 3.14. The van der Waals surface area contributed by atoms with E-state index in [1.165, 1.54) is 0 Å². The van der Waals surface area contributed by atoms with Crippen LogP contribution in [0.2, 0.25) is 0 Å². The predicted molar refractivity (Wildman–Crippen MR) is 147 cm³/mol. The SMILES string of the molecule is C\C=C(/N=C(\C=C\CCC)OCC)N\C(CCC)=C(NNC)/C(C)=C/C=C(OC)\C(C)=C\CC. The lowest BCUT2D eigenvalue weighted by Gasteiger charge is -2.19. The summed E-state index contributed by atoms with van der Waals surface area (Å²) in [6, 6.07) is 0. The van der Waals surface area contributed by atoms with E-state index in [0.29, 0.717) is 12.5 Å². The highest BCUT2D eigenvalue weighted by atomic mass is 16.5. The van der Waals surface area contributed by atoms with Gasteiger partial charge in [0.15, 0.2) is 0 Å². The molecule has 0 radical (unpaired) electrons. The molecule has 0 aromatic heterocycles. The van der Waals surface area contributed by atoms with Crippen molar-refractivity contribution < 1.29 is 9.47 Å². The van der Waals surface area contributed by atoms with Crippen molar-refractivity contribution in [2.24, 2.45) is 4.99 Å². The number of nitrogens with zero attached hydrogens (tertiary/aromatic N) is 1. The number of nitrogens with one attached hydrogen (secondary N) is 3. The first-order valence-electron chi connectivity index (χ1n) is 12.5. The lowest BCUT2D eigenvalue weighted by Crippen LogP contribution is -2.31. The normalized spacial score (nSPS) is 14.9. The minimum absolute atomic E-state index is 0.568. The third-order valence-corrected chi connectivity index (χ3v) is 4.84. The van der Waals surface area contributed by atoms with Crippen LogP contribution in [0.1, 0.15) is 80.6 Å². The summed E-state index contributed by atoms with van der Waals surface area (Å²) in [5, 5.41) is 3.53. The Morgan fingerprint density at radius 3 is 2.26 bits per heavy atom. The van der Waals surface area contributed by atoms with Crippen molar-refractivity contribution in [3.05, 3.63) is 70.6 Å². The number of methoxy groups -OCH3 is 1. The number of unbranched alkanes of at least 4 members (excludes halogenated alkanes) is 1. The minimum atomic E-state index is 0.568. The molecule has 0 aromatic carbocycles. The summed E-state index contributed by atoms with van der Waals surface area (Å²) in [7, 11) is 3.57. The molecule has 0 heterocycles. The molecular formula is C28H48N4O2. The average Bonchev–Trinajstić information content (AvgIpc) is 2.82. The smallest absolute Gasteiger partial charge is 0.214 e. The Morgan fingerprint density at radius 1 is 1.00 bits per heavy atom. The van der Waals surface area contributed by atoms with E-state index in [9.17, 15) is 0 Å². The molecule has 6 nitrogen and oxygen atoms in total. The highest BCUT2D eigenvalue weighted by Crippen LogP contribution is 2.18. The lowest BCUT2D eigenvalue weighted by molar-refractivity contribution is 0.300. The van der Waals surface area contributed by atoms with Crippen LogP contribution in [-0.2, 0) is 9.47 Å². The van der Waals surface area contributed by atoms with Crippen molar-refractivity contribution in [3.63, 3.8) is 0 Å². The van der Waals surface area contributed by atoms with Crippen molar-refractivity contribution in [1.29, 1.82) is 0 Å². The van der Waals surface area contributed by atoms with Crippen molar-refractivity contribution >= 4 is 5.90 Å². The Kier molecular flexibility index (Phi) is 18.1. The van der Waals surface area contributed by atoms with Gasteiger partial charge in [-0.2, -0.15) is 4.99 Å². The summed E-state index contributed by atoms with van der Waals surface area (Å²) in [6.45, 7) is 15.1. The van der Waals surface area contributed by atoms with Crippen LogP contribution in [-0.4, -0.2) is 26.7 Å². The second kappa shape index (κ2) is 19.7. The first kappa shape index (κ1) is 31.3. The number of hydrazine groups is 1. The molecule has 0 aliphatic carbocycles. The first-order chi connectivity index (χ1) is 16.4. The molecule has 192 valence electrons. The molecule has 0 spiro atoms. The van der Waals surface area contributed by atoms with Gasteiger partial charge >= 0.3 is 0 Å². The average molecular weight is 473 g/mol. The molecule has 0 amide bonds. The van der Waals surface area contributed by atoms with Gasteiger partial charge in [-0.1, -0.05) is 51.8 Å². The van der Waals surface area contributed by atoms with Crippen molar-refractivity contribution in [2.75, 3.05) is 20.8 Å². The molecule has 0 atom stereocenters. The van der Waals surface area contributed by atoms with Crippen molar-refractivity contribution in [2.45, 2.75) is 80.6 Å². The predicted octanol–water partition coefficient (Wildman–Crippen LogP) is 6.80. The third kappa shape index (κ3) is 12.5. The van der Waals surface area contributed by atoms with Crippen LogP contribution < -0.4 is 16.2 Å². The maximum Gasteiger partial charge on any atom is 0.214 e. The van der Waals surface area contributed by atoms with Gasteiger partial charge < -0.3 is 20.2 Å². The quantitative estimate of drug-likeness (QED) is 0.0758. The highest BCUT2D eigenvalue weighted by molar-refractivity contribution is 5.88. The van der Waals surface area contributed by atoms with E-state index in [0.717, 1.165) is 66.2 Å². The number of allylic oxidation sites excluding steroid dienone is 8. The molecule has 0 aromatic rings. The second-order valence-electron chi connectivity index (χ2n) is 7.73. The molecule has 0 saturated heterocycles. The van der Waals surface area contributed by atoms with E-state index < -0.39 is 0 Å². The largest absolute Gasteiger partial charge is 0.497 e. The Bertz CT molecular complexity index is 799. The maximum absolute atomic E-state index is 5.74. The number of hydrogen-bond donors (Lipinski definition) is 3. The number of rotatable bonds is 16. The first-order valence-corrected chi connectivity index (χ1v) is 12.5. The van der Waals surface area contributed by atoms with E-state index in [-0.39, 0.29) is 0 Å². The molecule has 0 rings (SSSR count). The Hall–Kier alpha value is -2.73. The molecule has 0 saturated carbocycles. The molecule has 3 N–H and O–H groups in total. The molecule has 34 heavy (non-hydrogen) atoms. The van der Waals surface area contributed by atoms with Crippen LogP contribution in [0.3, 0.4) is 0 Å². The Labute approximate surface area is 208 Å². The molecule has 0 fully saturated rings. The van der Waals surface area contributed by atoms with Gasteiger partial charge in [-0.15, -0.1) is 0 Å². The molecular weight excluding hydrogens is 424 g/mol. The van der Waals surface area contributed by atoms with Crippen LogP contribution >= 0.6 is 0 Å². The maximum atomic E-state index is 5.74. The van der Waals surface area contributed by atoms with Gasteiger partial charge in [0.25, 0.3) is 0 Å². The fraction of sp³-hybridized carbons (Fsp3) is 0.536. The summed E-state index contributed by atoms with van der Waals surface area (Å²) in [5.41, 5.74) is 10.6. The third-order valence-electron chi connectivity index (χ3n) is 4.84. The van der Waals surface area contributed by atoms with Gasteiger partial charge in [0.2, 0.25) is 5.90 Å². The van der Waals surface area contributed by atoms with E-state index in [1.54, 1.807) is 7.11 Å². The molecule has 6 heteroatoms. The van der Waals surface area contributed by atoms with Gasteiger partial charge in [-0.25, -0.2) is 5.43 Å². The van der Waals surface area contributed by atoms with E-state index in [2.05, 4.69) is 69.0 Å². The highest BCUT2D eigenvalue weighted by Gasteiger charge is 2.10. The van der Waals surface area contributed by atoms with Gasteiger partial charge in [-0.05, 0) is 76.3 Å². The second-order valence-corrected chi connectivity index (χ2v) is 7.73. The Morgan fingerprint density at radius 2 is 1.74 bits per heavy atom. The van der Waals surface area contributed by atoms with Gasteiger partial charge in [0.05, 0.1) is 19.4 Å². The van der Waals surface area contributed by atoms with E-state index in [1.807, 2.05) is 39.1 Å². The summed E-state index contributed by atoms with van der Waals surface area (Å²) >= 11 is 0. The number of ether oxygens (including phenoxy) is 2. The molecule has 0 aliphatic rings. The number of aliphatic imine (C=N–C) groups is 1. The zero-order valence-electron chi connectivity index (χ0n) is 23.0. The van der Waals surface area contributed by atoms with Gasteiger partial charge in [0.1, 0.15) is 11.6 Å². The van der Waals surface area contributed by atoms with E-state index >= 15 is 0 Å². The zero-order chi connectivity index (χ0) is 25.8. The summed E-state index contributed by atoms with van der Waals surface area (Å²) in [5.74, 6) is 2.20. The summed E-state index contributed by atoms with van der Waals surface area (Å²) in [6.07, 6.45) is 17.1. The van der Waals surface area contributed by atoms with Crippen LogP contribution in [0.15, 0.2) is 75.6 Å². The van der Waals surface area contributed by atoms with Gasteiger partial charge in [-0.3, -0.25) is 0 Å². The summed E-state index contributed by atoms with van der Waals surface area (Å²) in [4.78, 5) is 4.73.